The molecule has 1 N–H and O–H groups in total. The largest absolute Gasteiger partial charge is 0.361 e. The summed E-state index contributed by atoms with van der Waals surface area (Å²) in [7, 11) is 0. The van der Waals surface area contributed by atoms with Crippen molar-refractivity contribution in [2.24, 2.45) is 0 Å². The zero-order chi connectivity index (χ0) is 10.1. The second-order valence-corrected chi connectivity index (χ2v) is 4.24. The minimum absolute atomic E-state index is 1.23. The first-order valence-electron chi connectivity index (χ1n) is 5.70. The highest BCUT2D eigenvalue weighted by molar-refractivity contribution is 5.54. The molecule has 0 unspecified atom stereocenters. The molecule has 0 spiro atoms. The van der Waals surface area contributed by atoms with Crippen molar-refractivity contribution in [2.75, 3.05) is 0 Å². The van der Waals surface area contributed by atoms with Crippen LogP contribution in [0.5, 0.6) is 0 Å². The Balaban J connectivity index is 2.08. The molecule has 2 aliphatic carbocycles. The van der Waals surface area contributed by atoms with Crippen LogP contribution in [0.25, 0.3) is 0 Å². The molecule has 1 heterocycles. The summed E-state index contributed by atoms with van der Waals surface area (Å²) in [6, 6.07) is 0. The maximum atomic E-state index is 3.40. The van der Waals surface area contributed by atoms with E-state index in [0.29, 0.717) is 0 Å². The van der Waals surface area contributed by atoms with Crippen LogP contribution in [0.1, 0.15) is 25.7 Å². The third kappa shape index (κ3) is 1.48. The fraction of sp³-hybridized carbons (Fsp3) is 0.286. The van der Waals surface area contributed by atoms with Crippen molar-refractivity contribution >= 4 is 0 Å². The van der Waals surface area contributed by atoms with Gasteiger partial charge < -0.3 is 5.32 Å². The van der Waals surface area contributed by atoms with Crippen molar-refractivity contribution in [3.8, 4) is 0 Å². The molecule has 0 aromatic carbocycles. The number of dihydropyridines is 1. The van der Waals surface area contributed by atoms with E-state index in [1.54, 1.807) is 0 Å². The minimum Gasteiger partial charge on any atom is -0.361 e. The van der Waals surface area contributed by atoms with Gasteiger partial charge in [0.15, 0.2) is 0 Å². The molecule has 3 aliphatic rings. The van der Waals surface area contributed by atoms with Crippen molar-refractivity contribution < 1.29 is 0 Å². The second kappa shape index (κ2) is 3.58. The van der Waals surface area contributed by atoms with Crippen LogP contribution in [0.15, 0.2) is 59.0 Å². The van der Waals surface area contributed by atoms with Gasteiger partial charge in [-0.05, 0) is 48.5 Å². The molecule has 1 aliphatic heterocycles. The Morgan fingerprint density at radius 3 is 2.60 bits per heavy atom. The fourth-order valence-corrected chi connectivity index (χ4v) is 2.51. The minimum atomic E-state index is 1.23. The maximum absolute atomic E-state index is 3.40. The maximum Gasteiger partial charge on any atom is 0.0488 e. The van der Waals surface area contributed by atoms with Gasteiger partial charge >= 0.3 is 0 Å². The van der Waals surface area contributed by atoms with Gasteiger partial charge in [-0.1, -0.05) is 24.3 Å². The van der Waals surface area contributed by atoms with Gasteiger partial charge in [0.05, 0.1) is 0 Å². The molecule has 0 aromatic rings. The van der Waals surface area contributed by atoms with Gasteiger partial charge in [-0.15, -0.1) is 0 Å². The smallest absolute Gasteiger partial charge is 0.0488 e. The Bertz CT molecular complexity index is 416. The summed E-state index contributed by atoms with van der Waals surface area (Å²) in [5.74, 6) is 0. The number of hydrogen-bond acceptors (Lipinski definition) is 1. The lowest BCUT2D eigenvalue weighted by Gasteiger charge is -2.25. The van der Waals surface area contributed by atoms with E-state index < -0.39 is 0 Å². The monoisotopic (exact) mass is 197 g/mol. The van der Waals surface area contributed by atoms with E-state index in [4.69, 9.17) is 0 Å². The SMILES string of the molecule is C1=CC(=C2NC=CC3=C2CCCC3)C=C1. The van der Waals surface area contributed by atoms with Crippen LogP contribution in [0, 0.1) is 0 Å². The molecular weight excluding hydrogens is 182 g/mol. The summed E-state index contributed by atoms with van der Waals surface area (Å²) in [4.78, 5) is 0. The summed E-state index contributed by atoms with van der Waals surface area (Å²) in [5.41, 5.74) is 5.73. The van der Waals surface area contributed by atoms with Crippen molar-refractivity contribution in [3.63, 3.8) is 0 Å². The molecule has 0 fully saturated rings. The Morgan fingerprint density at radius 1 is 0.933 bits per heavy atom. The molecule has 0 saturated heterocycles. The third-order valence-electron chi connectivity index (χ3n) is 3.28. The zero-order valence-electron chi connectivity index (χ0n) is 8.79. The van der Waals surface area contributed by atoms with Gasteiger partial charge in [0.25, 0.3) is 0 Å². The first-order valence-corrected chi connectivity index (χ1v) is 5.70. The van der Waals surface area contributed by atoms with Crippen LogP contribution in [0.4, 0.5) is 0 Å². The molecule has 1 heteroatoms. The first kappa shape index (κ1) is 8.78. The molecule has 15 heavy (non-hydrogen) atoms. The van der Waals surface area contributed by atoms with Crippen LogP contribution in [0.2, 0.25) is 0 Å². The van der Waals surface area contributed by atoms with Gasteiger partial charge in [0.2, 0.25) is 0 Å². The Labute approximate surface area is 90.6 Å². The van der Waals surface area contributed by atoms with E-state index in [2.05, 4.69) is 41.9 Å². The van der Waals surface area contributed by atoms with Crippen LogP contribution < -0.4 is 5.32 Å². The molecular formula is C14H15N. The highest BCUT2D eigenvalue weighted by Crippen LogP contribution is 2.33. The first-order chi connectivity index (χ1) is 7.45. The molecule has 3 rings (SSSR count). The Morgan fingerprint density at radius 2 is 1.73 bits per heavy atom. The number of hydrogen-bond donors (Lipinski definition) is 1. The lowest BCUT2D eigenvalue weighted by molar-refractivity contribution is 0.673. The van der Waals surface area contributed by atoms with Gasteiger partial charge in [0, 0.05) is 11.9 Å². The quantitative estimate of drug-likeness (QED) is 0.628. The molecule has 76 valence electrons. The van der Waals surface area contributed by atoms with Crippen molar-refractivity contribution in [1.82, 2.24) is 5.32 Å². The van der Waals surface area contributed by atoms with Gasteiger partial charge in [-0.3, -0.25) is 0 Å². The summed E-state index contributed by atoms with van der Waals surface area (Å²) in [5, 5.41) is 3.40. The number of nitrogens with one attached hydrogen (secondary N) is 1. The highest BCUT2D eigenvalue weighted by Gasteiger charge is 2.18. The summed E-state index contributed by atoms with van der Waals surface area (Å²) < 4.78 is 0. The van der Waals surface area contributed by atoms with Crippen LogP contribution >= 0.6 is 0 Å². The average Bonchev–Trinajstić information content (AvgIpc) is 2.82. The molecule has 0 atom stereocenters. The summed E-state index contributed by atoms with van der Waals surface area (Å²) in [6.07, 6.45) is 18.0. The van der Waals surface area contributed by atoms with Crippen molar-refractivity contribution in [2.45, 2.75) is 25.7 Å². The van der Waals surface area contributed by atoms with E-state index in [1.807, 2.05) is 0 Å². The van der Waals surface area contributed by atoms with Gasteiger partial charge in [0.1, 0.15) is 0 Å². The van der Waals surface area contributed by atoms with Gasteiger partial charge in [-0.25, -0.2) is 0 Å². The molecule has 0 saturated carbocycles. The third-order valence-corrected chi connectivity index (χ3v) is 3.28. The van der Waals surface area contributed by atoms with E-state index in [-0.39, 0.29) is 0 Å². The molecule has 1 nitrogen and oxygen atoms in total. The Kier molecular flexibility index (Phi) is 2.09. The topological polar surface area (TPSA) is 12.0 Å². The van der Waals surface area contributed by atoms with E-state index in [9.17, 15) is 0 Å². The van der Waals surface area contributed by atoms with E-state index >= 15 is 0 Å². The molecule has 0 bridgehead atoms. The predicted octanol–water partition coefficient (Wildman–Crippen LogP) is 3.35. The number of rotatable bonds is 0. The normalized spacial score (nSPS) is 23.5. The fourth-order valence-electron chi connectivity index (χ4n) is 2.51. The van der Waals surface area contributed by atoms with Crippen molar-refractivity contribution in [3.05, 3.63) is 59.0 Å². The second-order valence-electron chi connectivity index (χ2n) is 4.24. The molecule has 0 aromatic heterocycles. The van der Waals surface area contributed by atoms with E-state index in [0.717, 1.165) is 0 Å². The average molecular weight is 197 g/mol. The molecule has 0 amide bonds. The standard InChI is InChI=1S/C14H15N/c1-2-7-12(6-1)14-13-8-4-3-5-11(13)9-10-15-14/h1-2,6-7,9-10,15H,3-5,8H2. The van der Waals surface area contributed by atoms with E-state index in [1.165, 1.54) is 48.1 Å². The van der Waals surface area contributed by atoms with Crippen molar-refractivity contribution in [1.29, 1.82) is 0 Å². The Hall–Kier alpha value is -1.50. The zero-order valence-corrected chi connectivity index (χ0v) is 8.79. The molecule has 0 radical (unpaired) electrons. The van der Waals surface area contributed by atoms with Crippen LogP contribution in [-0.2, 0) is 0 Å². The lowest BCUT2D eigenvalue weighted by atomic mass is 9.87. The number of allylic oxidation sites excluding steroid dienone is 8. The summed E-state index contributed by atoms with van der Waals surface area (Å²) in [6.45, 7) is 0. The van der Waals surface area contributed by atoms with Crippen LogP contribution in [-0.4, -0.2) is 0 Å². The highest BCUT2D eigenvalue weighted by atomic mass is 14.9. The van der Waals surface area contributed by atoms with Gasteiger partial charge in [-0.2, -0.15) is 0 Å². The predicted molar refractivity (Wildman–Crippen MR) is 63.1 cm³/mol. The summed E-state index contributed by atoms with van der Waals surface area (Å²) >= 11 is 0. The van der Waals surface area contributed by atoms with Crippen LogP contribution in [0.3, 0.4) is 0 Å². The lowest BCUT2D eigenvalue weighted by Crippen LogP contribution is -2.17.